The lowest BCUT2D eigenvalue weighted by atomic mass is 10.0. The van der Waals surface area contributed by atoms with E-state index in [1.54, 1.807) is 0 Å². The summed E-state index contributed by atoms with van der Waals surface area (Å²) in [6.45, 7) is 6.29. The summed E-state index contributed by atoms with van der Waals surface area (Å²) < 4.78 is 1.11. The molecular formula is C15H25BrN2O. The minimum atomic E-state index is 0.222. The van der Waals surface area contributed by atoms with Crippen LogP contribution >= 0.6 is 15.9 Å². The van der Waals surface area contributed by atoms with Gasteiger partial charge in [0.1, 0.15) is 0 Å². The molecule has 0 saturated heterocycles. The molecule has 0 aliphatic rings. The van der Waals surface area contributed by atoms with E-state index < -0.39 is 0 Å². The summed E-state index contributed by atoms with van der Waals surface area (Å²) in [5.41, 5.74) is 1.30. The van der Waals surface area contributed by atoms with Gasteiger partial charge in [-0.25, -0.2) is 0 Å². The van der Waals surface area contributed by atoms with Gasteiger partial charge in [-0.05, 0) is 45.0 Å². The van der Waals surface area contributed by atoms with Gasteiger partial charge >= 0.3 is 0 Å². The summed E-state index contributed by atoms with van der Waals surface area (Å²) >= 11 is 3.52. The van der Waals surface area contributed by atoms with Gasteiger partial charge in [-0.15, -0.1) is 0 Å². The fourth-order valence-electron chi connectivity index (χ4n) is 2.25. The first-order valence-corrected chi connectivity index (χ1v) is 7.65. The maximum Gasteiger partial charge on any atom is 0.0558 e. The van der Waals surface area contributed by atoms with Gasteiger partial charge in [0.25, 0.3) is 0 Å². The van der Waals surface area contributed by atoms with Crippen LogP contribution in [0.3, 0.4) is 0 Å². The van der Waals surface area contributed by atoms with Crippen LogP contribution in [0.5, 0.6) is 0 Å². The first kappa shape index (κ1) is 16.6. The van der Waals surface area contributed by atoms with Crippen molar-refractivity contribution in [2.24, 2.45) is 0 Å². The minimum Gasteiger partial charge on any atom is -0.395 e. The van der Waals surface area contributed by atoms with E-state index in [9.17, 15) is 0 Å². The average molecular weight is 329 g/mol. The highest BCUT2D eigenvalue weighted by Crippen LogP contribution is 2.21. The molecule has 0 bridgehead atoms. The third-order valence-corrected chi connectivity index (χ3v) is 3.92. The second-order valence-corrected chi connectivity index (χ2v) is 5.95. The van der Waals surface area contributed by atoms with Gasteiger partial charge in [-0.3, -0.25) is 4.90 Å². The van der Waals surface area contributed by atoms with Crippen molar-refractivity contribution in [1.82, 2.24) is 10.2 Å². The number of benzene rings is 1. The van der Waals surface area contributed by atoms with Crippen LogP contribution in [0.15, 0.2) is 28.7 Å². The van der Waals surface area contributed by atoms with Crippen LogP contribution in [0.1, 0.15) is 31.9 Å². The topological polar surface area (TPSA) is 35.5 Å². The first-order valence-electron chi connectivity index (χ1n) is 6.86. The number of hydrogen-bond acceptors (Lipinski definition) is 3. The zero-order chi connectivity index (χ0) is 14.3. The Balaban J connectivity index is 2.61. The molecule has 1 atom stereocenters. The molecule has 0 saturated carbocycles. The molecule has 0 radical (unpaired) electrons. The quantitative estimate of drug-likeness (QED) is 0.770. The van der Waals surface area contributed by atoms with Crippen molar-refractivity contribution >= 4 is 15.9 Å². The average Bonchev–Trinajstić information content (AvgIpc) is 2.38. The van der Waals surface area contributed by atoms with Gasteiger partial charge in [0, 0.05) is 29.6 Å². The van der Waals surface area contributed by atoms with E-state index in [1.807, 2.05) is 13.1 Å². The van der Waals surface area contributed by atoms with Crippen molar-refractivity contribution in [2.45, 2.75) is 32.4 Å². The van der Waals surface area contributed by atoms with Crippen molar-refractivity contribution in [3.63, 3.8) is 0 Å². The SMILES string of the molecule is CNC(CCN(CCO)C(C)C)c1cccc(Br)c1. The molecule has 0 spiro atoms. The van der Waals surface area contributed by atoms with Crippen molar-refractivity contribution in [3.05, 3.63) is 34.3 Å². The monoisotopic (exact) mass is 328 g/mol. The Morgan fingerprint density at radius 1 is 1.32 bits per heavy atom. The predicted molar refractivity (Wildman–Crippen MR) is 84.4 cm³/mol. The molecule has 108 valence electrons. The lowest BCUT2D eigenvalue weighted by Crippen LogP contribution is -2.36. The summed E-state index contributed by atoms with van der Waals surface area (Å²) in [7, 11) is 2.00. The summed E-state index contributed by atoms with van der Waals surface area (Å²) in [5.74, 6) is 0. The van der Waals surface area contributed by atoms with E-state index in [0.717, 1.165) is 24.0 Å². The molecule has 0 heterocycles. The molecule has 1 aromatic rings. The van der Waals surface area contributed by atoms with Gasteiger partial charge < -0.3 is 10.4 Å². The first-order chi connectivity index (χ1) is 9.08. The molecule has 2 N–H and O–H groups in total. The fourth-order valence-corrected chi connectivity index (χ4v) is 2.67. The van der Waals surface area contributed by atoms with Gasteiger partial charge in [-0.1, -0.05) is 28.1 Å². The number of nitrogens with one attached hydrogen (secondary N) is 1. The van der Waals surface area contributed by atoms with Crippen LogP contribution in [0, 0.1) is 0 Å². The normalized spacial score (nSPS) is 13.2. The van der Waals surface area contributed by atoms with E-state index in [2.05, 4.69) is 58.2 Å². The third kappa shape index (κ3) is 5.61. The molecule has 19 heavy (non-hydrogen) atoms. The molecule has 0 aliphatic carbocycles. The van der Waals surface area contributed by atoms with E-state index in [-0.39, 0.29) is 6.61 Å². The van der Waals surface area contributed by atoms with Gasteiger partial charge in [0.2, 0.25) is 0 Å². The lowest BCUT2D eigenvalue weighted by molar-refractivity contribution is 0.160. The Kier molecular flexibility index (Phi) is 7.61. The number of hydrogen-bond donors (Lipinski definition) is 2. The second-order valence-electron chi connectivity index (χ2n) is 5.04. The number of rotatable bonds is 8. The highest BCUT2D eigenvalue weighted by Gasteiger charge is 2.14. The number of nitrogens with zero attached hydrogens (tertiary/aromatic N) is 1. The highest BCUT2D eigenvalue weighted by atomic mass is 79.9. The molecule has 0 aliphatic heterocycles. The number of aliphatic hydroxyl groups excluding tert-OH is 1. The summed E-state index contributed by atoms with van der Waals surface area (Å²) in [4.78, 5) is 2.31. The van der Waals surface area contributed by atoms with Crippen LogP contribution in [0.2, 0.25) is 0 Å². The Hall–Kier alpha value is -0.420. The van der Waals surface area contributed by atoms with E-state index >= 15 is 0 Å². The summed E-state index contributed by atoms with van der Waals surface area (Å²) in [6, 6.07) is 9.23. The molecule has 0 fully saturated rings. The predicted octanol–water partition coefficient (Wildman–Crippen LogP) is 2.80. The summed E-state index contributed by atoms with van der Waals surface area (Å²) in [6.07, 6.45) is 1.03. The zero-order valence-electron chi connectivity index (χ0n) is 12.1. The molecule has 1 rings (SSSR count). The largest absolute Gasteiger partial charge is 0.395 e. The van der Waals surface area contributed by atoms with Crippen molar-refractivity contribution < 1.29 is 5.11 Å². The van der Waals surface area contributed by atoms with Gasteiger partial charge in [0.15, 0.2) is 0 Å². The van der Waals surface area contributed by atoms with Crippen LogP contribution < -0.4 is 5.32 Å². The van der Waals surface area contributed by atoms with Crippen molar-refractivity contribution in [1.29, 1.82) is 0 Å². The third-order valence-electron chi connectivity index (χ3n) is 3.42. The van der Waals surface area contributed by atoms with Crippen LogP contribution in [0.25, 0.3) is 0 Å². The zero-order valence-corrected chi connectivity index (χ0v) is 13.7. The smallest absolute Gasteiger partial charge is 0.0558 e. The van der Waals surface area contributed by atoms with Crippen LogP contribution in [0.4, 0.5) is 0 Å². The molecular weight excluding hydrogens is 304 g/mol. The number of halogens is 1. The molecule has 1 aromatic carbocycles. The molecule has 1 unspecified atom stereocenters. The summed E-state index contributed by atoms with van der Waals surface area (Å²) in [5, 5.41) is 12.5. The Morgan fingerprint density at radius 2 is 2.05 bits per heavy atom. The van der Waals surface area contributed by atoms with Crippen molar-refractivity contribution in [2.75, 3.05) is 26.7 Å². The Bertz CT molecular complexity index is 371. The Labute approximate surface area is 125 Å². The van der Waals surface area contributed by atoms with Crippen LogP contribution in [-0.2, 0) is 0 Å². The molecule has 4 heteroatoms. The standard InChI is InChI=1S/C15H25BrN2O/c1-12(2)18(9-10-19)8-7-15(17-3)13-5-4-6-14(16)11-13/h4-6,11-12,15,17,19H,7-10H2,1-3H3. The van der Waals surface area contributed by atoms with E-state index in [0.29, 0.717) is 12.1 Å². The van der Waals surface area contributed by atoms with Gasteiger partial charge in [-0.2, -0.15) is 0 Å². The maximum absolute atomic E-state index is 9.10. The van der Waals surface area contributed by atoms with E-state index in [1.165, 1.54) is 5.56 Å². The molecule has 0 amide bonds. The maximum atomic E-state index is 9.10. The second kappa shape index (κ2) is 8.69. The molecule has 3 nitrogen and oxygen atoms in total. The lowest BCUT2D eigenvalue weighted by Gasteiger charge is -2.28. The minimum absolute atomic E-state index is 0.222. The number of aliphatic hydroxyl groups is 1. The Morgan fingerprint density at radius 3 is 2.58 bits per heavy atom. The highest BCUT2D eigenvalue weighted by molar-refractivity contribution is 9.10. The van der Waals surface area contributed by atoms with Crippen molar-refractivity contribution in [3.8, 4) is 0 Å². The van der Waals surface area contributed by atoms with Crippen LogP contribution in [-0.4, -0.2) is 42.8 Å². The van der Waals surface area contributed by atoms with Gasteiger partial charge in [0.05, 0.1) is 6.61 Å². The molecule has 0 aromatic heterocycles. The van der Waals surface area contributed by atoms with E-state index in [4.69, 9.17) is 5.11 Å². The fraction of sp³-hybridized carbons (Fsp3) is 0.600.